The van der Waals surface area contributed by atoms with Crippen molar-refractivity contribution in [1.82, 2.24) is 20.9 Å². The number of likely N-dealkylation sites (N-methyl/N-ethyl adjacent to an activating group) is 1. The Bertz CT molecular complexity index is 647. The number of urea groups is 1. The van der Waals surface area contributed by atoms with Crippen LogP contribution in [0.2, 0.25) is 0 Å². The summed E-state index contributed by atoms with van der Waals surface area (Å²) >= 11 is 0. The van der Waals surface area contributed by atoms with Gasteiger partial charge in [-0.15, -0.1) is 0 Å². The van der Waals surface area contributed by atoms with E-state index < -0.39 is 17.8 Å². The van der Waals surface area contributed by atoms with E-state index in [1.165, 1.54) is 18.2 Å². The van der Waals surface area contributed by atoms with Crippen LogP contribution in [0.25, 0.3) is 0 Å². The van der Waals surface area contributed by atoms with Crippen LogP contribution in [0.15, 0.2) is 24.3 Å². The molecule has 1 fully saturated rings. The van der Waals surface area contributed by atoms with Crippen molar-refractivity contribution in [3.05, 3.63) is 30.1 Å². The van der Waals surface area contributed by atoms with Gasteiger partial charge in [-0.2, -0.15) is 0 Å². The number of carbonyl (C=O) groups is 3. The second-order valence-corrected chi connectivity index (χ2v) is 6.11. The van der Waals surface area contributed by atoms with Gasteiger partial charge in [-0.1, -0.05) is 6.07 Å². The Balaban J connectivity index is 1.64. The molecule has 142 valence electrons. The van der Waals surface area contributed by atoms with Crippen LogP contribution < -0.4 is 21.3 Å². The van der Waals surface area contributed by atoms with Crippen LogP contribution >= 0.6 is 0 Å². The molecule has 9 heteroatoms. The van der Waals surface area contributed by atoms with Gasteiger partial charge in [0.1, 0.15) is 5.82 Å². The van der Waals surface area contributed by atoms with E-state index in [1.54, 1.807) is 13.1 Å². The molecule has 1 aliphatic rings. The molecule has 1 heterocycles. The van der Waals surface area contributed by atoms with Crippen molar-refractivity contribution in [1.29, 1.82) is 0 Å². The smallest absolute Gasteiger partial charge is 0.315 e. The predicted octanol–water partition coefficient (Wildman–Crippen LogP) is 0.274. The largest absolute Gasteiger partial charge is 0.358 e. The van der Waals surface area contributed by atoms with E-state index in [0.717, 1.165) is 25.9 Å². The minimum Gasteiger partial charge on any atom is -0.358 e. The minimum atomic E-state index is -0.448. The number of rotatable bonds is 6. The molecule has 1 aromatic rings. The number of amides is 4. The van der Waals surface area contributed by atoms with Gasteiger partial charge in [-0.25, -0.2) is 9.18 Å². The molecule has 0 saturated carbocycles. The highest BCUT2D eigenvalue weighted by Crippen LogP contribution is 2.10. The Labute approximate surface area is 151 Å². The Morgan fingerprint density at radius 2 is 1.92 bits per heavy atom. The predicted molar refractivity (Wildman–Crippen MR) is 95.1 cm³/mol. The van der Waals surface area contributed by atoms with Gasteiger partial charge in [0.15, 0.2) is 0 Å². The van der Waals surface area contributed by atoms with Crippen LogP contribution in [-0.2, 0) is 9.59 Å². The lowest BCUT2D eigenvalue weighted by Gasteiger charge is -2.31. The van der Waals surface area contributed by atoms with E-state index in [-0.39, 0.29) is 18.5 Å². The molecule has 0 radical (unpaired) electrons. The Hall–Kier alpha value is -2.68. The normalized spacial score (nSPS) is 15.2. The highest BCUT2D eigenvalue weighted by atomic mass is 19.1. The SMILES string of the molecule is CNC(=O)CN1CCC(NC(=O)NCC(=O)Nc2cccc(F)c2)CC1. The number of nitrogens with zero attached hydrogens (tertiary/aromatic N) is 1. The number of carbonyl (C=O) groups excluding carboxylic acids is 3. The molecule has 0 unspecified atom stereocenters. The third-order valence-corrected chi connectivity index (χ3v) is 4.09. The summed E-state index contributed by atoms with van der Waals surface area (Å²) in [5.41, 5.74) is 0.334. The van der Waals surface area contributed by atoms with Gasteiger partial charge in [0, 0.05) is 31.9 Å². The number of hydrogen-bond donors (Lipinski definition) is 4. The topological polar surface area (TPSA) is 103 Å². The maximum atomic E-state index is 13.1. The lowest BCUT2D eigenvalue weighted by molar-refractivity contribution is -0.122. The highest BCUT2D eigenvalue weighted by molar-refractivity contribution is 5.94. The zero-order valence-corrected chi connectivity index (χ0v) is 14.7. The van der Waals surface area contributed by atoms with Crippen molar-refractivity contribution in [2.75, 3.05) is 38.5 Å². The molecule has 26 heavy (non-hydrogen) atoms. The van der Waals surface area contributed by atoms with Crippen LogP contribution in [-0.4, -0.2) is 62.0 Å². The standard InChI is InChI=1S/C17H24FN5O3/c1-19-16(25)11-23-7-5-13(6-8-23)22-17(26)20-10-15(24)21-14-4-2-3-12(18)9-14/h2-4,9,13H,5-8,10-11H2,1H3,(H,19,25)(H,21,24)(H2,20,22,26). The summed E-state index contributed by atoms with van der Waals surface area (Å²) in [6.45, 7) is 1.59. The lowest BCUT2D eigenvalue weighted by Crippen LogP contribution is -2.50. The van der Waals surface area contributed by atoms with Crippen molar-refractivity contribution in [3.63, 3.8) is 0 Å². The van der Waals surface area contributed by atoms with Gasteiger partial charge in [0.05, 0.1) is 13.1 Å². The summed E-state index contributed by atoms with van der Waals surface area (Å²) < 4.78 is 13.1. The number of hydrogen-bond acceptors (Lipinski definition) is 4. The van der Waals surface area contributed by atoms with Crippen LogP contribution in [0.5, 0.6) is 0 Å². The monoisotopic (exact) mass is 365 g/mol. The summed E-state index contributed by atoms with van der Waals surface area (Å²) in [5.74, 6) is -0.916. The van der Waals surface area contributed by atoms with Gasteiger partial charge in [0.2, 0.25) is 11.8 Å². The van der Waals surface area contributed by atoms with Crippen LogP contribution in [0, 0.1) is 5.82 Å². The molecule has 4 N–H and O–H groups in total. The molecule has 0 bridgehead atoms. The molecule has 8 nitrogen and oxygen atoms in total. The molecular weight excluding hydrogens is 341 g/mol. The third kappa shape index (κ3) is 6.67. The average Bonchev–Trinajstić information content (AvgIpc) is 2.61. The van der Waals surface area contributed by atoms with E-state index in [4.69, 9.17) is 0 Å². The first-order valence-electron chi connectivity index (χ1n) is 8.49. The first kappa shape index (κ1) is 19.6. The number of piperidine rings is 1. The Morgan fingerprint density at radius 3 is 2.58 bits per heavy atom. The first-order valence-corrected chi connectivity index (χ1v) is 8.49. The van der Waals surface area contributed by atoms with Crippen molar-refractivity contribution in [2.45, 2.75) is 18.9 Å². The van der Waals surface area contributed by atoms with E-state index in [2.05, 4.69) is 21.3 Å². The zero-order valence-electron chi connectivity index (χ0n) is 14.7. The number of benzene rings is 1. The molecule has 0 aromatic heterocycles. The lowest BCUT2D eigenvalue weighted by atomic mass is 10.1. The van der Waals surface area contributed by atoms with E-state index in [1.807, 2.05) is 4.90 Å². The second kappa shape index (κ2) is 9.71. The van der Waals surface area contributed by atoms with Crippen LogP contribution in [0.1, 0.15) is 12.8 Å². The summed E-state index contributed by atoms with van der Waals surface area (Å²) in [7, 11) is 1.60. The Morgan fingerprint density at radius 1 is 1.19 bits per heavy atom. The van der Waals surface area contributed by atoms with E-state index in [9.17, 15) is 18.8 Å². The minimum absolute atomic E-state index is 0.00205. The van der Waals surface area contributed by atoms with Gasteiger partial charge >= 0.3 is 6.03 Å². The molecule has 1 aromatic carbocycles. The second-order valence-electron chi connectivity index (χ2n) is 6.11. The Kier molecular flexibility index (Phi) is 7.34. The summed E-state index contributed by atoms with van der Waals surface area (Å²) in [6.07, 6.45) is 1.47. The third-order valence-electron chi connectivity index (χ3n) is 4.09. The summed E-state index contributed by atoms with van der Waals surface area (Å²) in [5, 5.41) is 10.4. The molecule has 0 spiro atoms. The fraction of sp³-hybridized carbons (Fsp3) is 0.471. The van der Waals surface area contributed by atoms with Crippen LogP contribution in [0.3, 0.4) is 0 Å². The van der Waals surface area contributed by atoms with Gasteiger partial charge in [0.25, 0.3) is 0 Å². The molecule has 2 rings (SSSR count). The number of nitrogens with one attached hydrogen (secondary N) is 4. The van der Waals surface area contributed by atoms with Crippen molar-refractivity contribution >= 4 is 23.5 Å². The average molecular weight is 365 g/mol. The van der Waals surface area contributed by atoms with Crippen molar-refractivity contribution in [2.24, 2.45) is 0 Å². The first-order chi connectivity index (χ1) is 12.5. The number of likely N-dealkylation sites (tertiary alicyclic amines) is 1. The van der Waals surface area contributed by atoms with Gasteiger partial charge in [-0.3, -0.25) is 14.5 Å². The van der Waals surface area contributed by atoms with Crippen LogP contribution in [0.4, 0.5) is 14.9 Å². The highest BCUT2D eigenvalue weighted by Gasteiger charge is 2.21. The molecule has 0 aliphatic carbocycles. The quantitative estimate of drug-likeness (QED) is 0.581. The molecule has 0 atom stereocenters. The fourth-order valence-electron chi connectivity index (χ4n) is 2.69. The van der Waals surface area contributed by atoms with E-state index >= 15 is 0 Å². The maximum Gasteiger partial charge on any atom is 0.315 e. The molecular formula is C17H24FN5O3. The number of anilines is 1. The van der Waals surface area contributed by atoms with E-state index in [0.29, 0.717) is 12.2 Å². The fourth-order valence-corrected chi connectivity index (χ4v) is 2.69. The number of halogens is 1. The molecule has 4 amide bonds. The molecule has 1 saturated heterocycles. The maximum absolute atomic E-state index is 13.1. The van der Waals surface area contributed by atoms with Gasteiger partial charge < -0.3 is 21.3 Å². The summed E-state index contributed by atoms with van der Waals surface area (Å²) in [6, 6.07) is 5.10. The molecule has 1 aliphatic heterocycles. The van der Waals surface area contributed by atoms with Gasteiger partial charge in [-0.05, 0) is 31.0 Å². The summed E-state index contributed by atoms with van der Waals surface area (Å²) in [4.78, 5) is 37.0. The zero-order chi connectivity index (χ0) is 18.9. The van der Waals surface area contributed by atoms with Crippen molar-refractivity contribution < 1.29 is 18.8 Å². The van der Waals surface area contributed by atoms with Crippen molar-refractivity contribution in [3.8, 4) is 0 Å².